The van der Waals surface area contributed by atoms with Crippen LogP contribution < -0.4 is 0 Å². The molecule has 0 spiro atoms. The van der Waals surface area contributed by atoms with Crippen LogP contribution in [0.15, 0.2) is 0 Å². The Morgan fingerprint density at radius 1 is 1.30 bits per heavy atom. The largest absolute Gasteiger partial charge is 0.468 e. The number of rotatable bonds is 5. The number of hydrogen-bond donors (Lipinski definition) is 0. The van der Waals surface area contributed by atoms with E-state index < -0.39 is 35.6 Å². The van der Waals surface area contributed by atoms with Crippen molar-refractivity contribution in [3.63, 3.8) is 0 Å². The average Bonchev–Trinajstić information content (AvgIpc) is 2.74. The topological polar surface area (TPSA) is 114 Å². The molecule has 20 heavy (non-hydrogen) atoms. The van der Waals surface area contributed by atoms with Crippen LogP contribution in [0.5, 0.6) is 0 Å². The summed E-state index contributed by atoms with van der Waals surface area (Å²) < 4.78 is 13.6. The first-order valence-corrected chi connectivity index (χ1v) is 5.78. The van der Waals surface area contributed by atoms with E-state index in [-0.39, 0.29) is 17.9 Å². The van der Waals surface area contributed by atoms with Crippen molar-refractivity contribution >= 4 is 23.6 Å². The molecule has 0 amide bonds. The minimum atomic E-state index is -1.39. The lowest BCUT2D eigenvalue weighted by molar-refractivity contribution is -0.737. The maximum absolute atomic E-state index is 11.6. The maximum Gasteiger partial charge on any atom is 0.405 e. The van der Waals surface area contributed by atoms with Crippen molar-refractivity contribution < 1.29 is 38.3 Å². The molecule has 0 radical (unpaired) electrons. The summed E-state index contributed by atoms with van der Waals surface area (Å²) in [5.74, 6) is -3.65. The van der Waals surface area contributed by atoms with E-state index in [9.17, 15) is 19.6 Å². The second-order valence-corrected chi connectivity index (χ2v) is 3.80. The average molecular weight is 289 g/mol. The van der Waals surface area contributed by atoms with E-state index in [2.05, 4.69) is 9.47 Å². The maximum atomic E-state index is 11.6. The van der Waals surface area contributed by atoms with E-state index in [1.54, 1.807) is 6.92 Å². The molecule has 1 aliphatic heterocycles. The summed E-state index contributed by atoms with van der Waals surface area (Å²) >= 11 is 0. The fourth-order valence-corrected chi connectivity index (χ4v) is 1.77. The summed E-state index contributed by atoms with van der Waals surface area (Å²) in [5, 5.41) is 11.6. The highest BCUT2D eigenvalue weighted by atomic mass is 16.9. The van der Waals surface area contributed by atoms with Crippen molar-refractivity contribution in [1.82, 2.24) is 0 Å². The first kappa shape index (κ1) is 15.7. The van der Waals surface area contributed by atoms with Crippen molar-refractivity contribution in [1.29, 1.82) is 0 Å². The zero-order valence-corrected chi connectivity index (χ0v) is 11.3. The third-order valence-electron chi connectivity index (χ3n) is 2.64. The molecule has 1 heterocycles. The van der Waals surface area contributed by atoms with Gasteiger partial charge in [0, 0.05) is 0 Å². The van der Waals surface area contributed by atoms with Gasteiger partial charge in [0.15, 0.2) is 6.10 Å². The minimum Gasteiger partial charge on any atom is -0.468 e. The van der Waals surface area contributed by atoms with E-state index in [4.69, 9.17) is 9.57 Å². The fourth-order valence-electron chi connectivity index (χ4n) is 1.77. The molecule has 0 fully saturated rings. The number of methoxy groups -OCH3 is 2. The second kappa shape index (κ2) is 6.73. The highest BCUT2D eigenvalue weighted by Gasteiger charge is 2.50. The number of carbonyl (C=O) groups is 3. The van der Waals surface area contributed by atoms with Crippen molar-refractivity contribution in [3.05, 3.63) is 5.21 Å². The van der Waals surface area contributed by atoms with Crippen LogP contribution in [-0.2, 0) is 33.4 Å². The van der Waals surface area contributed by atoms with Crippen molar-refractivity contribution in [2.75, 3.05) is 20.8 Å². The molecule has 0 aromatic carbocycles. The molecule has 0 N–H and O–H groups in total. The minimum absolute atomic E-state index is 0.128. The SMILES string of the molecule is CCOC(=O)CC1C(C(=O)OC)=[N+]([O-])OC1C(=O)OC. The van der Waals surface area contributed by atoms with E-state index in [0.29, 0.717) is 0 Å². The normalized spacial score (nSPS) is 21.1. The Labute approximate surface area is 114 Å². The molecule has 2 unspecified atom stereocenters. The number of esters is 3. The molecule has 112 valence electrons. The third kappa shape index (κ3) is 3.16. The summed E-state index contributed by atoms with van der Waals surface area (Å²) in [5.41, 5.74) is -0.476. The van der Waals surface area contributed by atoms with Gasteiger partial charge in [-0.05, 0) is 6.92 Å². The Balaban J connectivity index is 3.01. The van der Waals surface area contributed by atoms with Gasteiger partial charge in [0.2, 0.25) is 0 Å². The molecular formula is C11H15NO8. The fraction of sp³-hybridized carbons (Fsp3) is 0.636. The molecule has 1 aliphatic rings. The van der Waals surface area contributed by atoms with Gasteiger partial charge in [0.05, 0.1) is 38.1 Å². The van der Waals surface area contributed by atoms with Gasteiger partial charge >= 0.3 is 23.6 Å². The predicted molar refractivity (Wildman–Crippen MR) is 62.3 cm³/mol. The Hall–Kier alpha value is -2.32. The Morgan fingerprint density at radius 3 is 2.45 bits per heavy atom. The second-order valence-electron chi connectivity index (χ2n) is 3.80. The lowest BCUT2D eigenvalue weighted by Gasteiger charge is -2.15. The van der Waals surface area contributed by atoms with Crippen LogP contribution >= 0.6 is 0 Å². The van der Waals surface area contributed by atoms with Crippen molar-refractivity contribution in [2.45, 2.75) is 19.4 Å². The highest BCUT2D eigenvalue weighted by Crippen LogP contribution is 2.24. The van der Waals surface area contributed by atoms with Crippen LogP contribution in [0, 0.1) is 11.1 Å². The molecule has 0 aromatic heterocycles. The van der Waals surface area contributed by atoms with Crippen LogP contribution in [0.3, 0.4) is 0 Å². The van der Waals surface area contributed by atoms with Gasteiger partial charge in [-0.2, -0.15) is 0 Å². The molecule has 0 aromatic rings. The quantitative estimate of drug-likeness (QED) is 0.366. The number of ether oxygens (including phenoxy) is 3. The number of carbonyl (C=O) groups excluding carboxylic acids is 3. The molecule has 0 bridgehead atoms. The van der Waals surface area contributed by atoms with Crippen LogP contribution in [0.1, 0.15) is 13.3 Å². The Morgan fingerprint density at radius 2 is 1.95 bits per heavy atom. The molecule has 2 atom stereocenters. The van der Waals surface area contributed by atoms with Gasteiger partial charge in [0.1, 0.15) is 0 Å². The molecule has 0 saturated heterocycles. The van der Waals surface area contributed by atoms with Crippen LogP contribution in [0.2, 0.25) is 0 Å². The van der Waals surface area contributed by atoms with Gasteiger partial charge in [-0.3, -0.25) is 14.8 Å². The summed E-state index contributed by atoms with van der Waals surface area (Å²) in [4.78, 5) is 39.2. The highest BCUT2D eigenvalue weighted by molar-refractivity contribution is 6.36. The summed E-state index contributed by atoms with van der Waals surface area (Å²) in [7, 11) is 2.16. The van der Waals surface area contributed by atoms with E-state index in [0.717, 1.165) is 14.2 Å². The molecule has 9 nitrogen and oxygen atoms in total. The Kier molecular flexibility index (Phi) is 5.30. The predicted octanol–water partition coefficient (Wildman–Crippen LogP) is -0.833. The zero-order valence-electron chi connectivity index (χ0n) is 11.3. The summed E-state index contributed by atoms with van der Waals surface area (Å²) in [6, 6.07) is 0. The van der Waals surface area contributed by atoms with Gasteiger partial charge in [-0.1, -0.05) is 0 Å². The third-order valence-corrected chi connectivity index (χ3v) is 2.64. The van der Waals surface area contributed by atoms with Gasteiger partial charge in [-0.25, -0.2) is 4.79 Å². The lowest BCUT2D eigenvalue weighted by Crippen LogP contribution is -2.37. The van der Waals surface area contributed by atoms with Crippen LogP contribution in [0.4, 0.5) is 0 Å². The standard InChI is InChI=1S/C11H15NO8/c1-4-19-7(13)5-6-8(10(14)17-2)12(16)20-9(6)11(15)18-3/h6,9H,4-5H2,1-3H3. The first-order chi connectivity index (χ1) is 9.46. The molecule has 1 rings (SSSR count). The van der Waals surface area contributed by atoms with Crippen LogP contribution in [0.25, 0.3) is 0 Å². The summed E-state index contributed by atoms with van der Waals surface area (Å²) in [6.07, 6.45) is -1.77. The van der Waals surface area contributed by atoms with E-state index >= 15 is 0 Å². The summed E-state index contributed by atoms with van der Waals surface area (Å²) in [6.45, 7) is 1.73. The van der Waals surface area contributed by atoms with E-state index in [1.807, 2.05) is 0 Å². The zero-order chi connectivity index (χ0) is 15.3. The molecule has 0 saturated carbocycles. The smallest absolute Gasteiger partial charge is 0.405 e. The van der Waals surface area contributed by atoms with Gasteiger partial charge in [0.25, 0.3) is 0 Å². The Bertz CT molecular complexity index is 444. The van der Waals surface area contributed by atoms with Crippen molar-refractivity contribution in [2.24, 2.45) is 5.92 Å². The van der Waals surface area contributed by atoms with Crippen molar-refractivity contribution in [3.8, 4) is 0 Å². The lowest BCUT2D eigenvalue weighted by atomic mass is 9.93. The number of nitrogens with zero attached hydrogens (tertiary/aromatic N) is 1. The van der Waals surface area contributed by atoms with Crippen LogP contribution in [-0.4, -0.2) is 55.5 Å². The number of hydrogen-bond acceptors (Lipinski definition) is 8. The molecular weight excluding hydrogens is 274 g/mol. The monoisotopic (exact) mass is 289 g/mol. The van der Waals surface area contributed by atoms with Gasteiger partial charge in [-0.15, -0.1) is 0 Å². The molecule has 0 aliphatic carbocycles. The first-order valence-electron chi connectivity index (χ1n) is 5.78. The van der Waals surface area contributed by atoms with E-state index in [1.165, 1.54) is 0 Å². The van der Waals surface area contributed by atoms with Gasteiger partial charge < -0.3 is 19.0 Å². The molecule has 9 heteroatoms.